The first-order valence-electron chi connectivity index (χ1n) is 5.42. The van der Waals surface area contributed by atoms with Gasteiger partial charge < -0.3 is 4.18 Å². The molecule has 4 nitrogen and oxygen atoms in total. The molecule has 0 unspecified atom stereocenters. The summed E-state index contributed by atoms with van der Waals surface area (Å²) in [7, 11) is -3.95. The SMILES string of the molecule is C=C(C1=NS(=O)(=O)Oc2ccccc21)c1ccsc1. The molecule has 2 aromatic rings. The third kappa shape index (κ3) is 2.20. The number of allylic oxidation sites excluding steroid dienone is 1. The minimum absolute atomic E-state index is 0.281. The molecule has 0 aliphatic carbocycles. The van der Waals surface area contributed by atoms with Crippen molar-refractivity contribution in [1.82, 2.24) is 0 Å². The second kappa shape index (κ2) is 4.32. The first kappa shape index (κ1) is 12.1. The van der Waals surface area contributed by atoms with Gasteiger partial charge in [0, 0.05) is 11.1 Å². The highest BCUT2D eigenvalue weighted by atomic mass is 32.2. The van der Waals surface area contributed by atoms with E-state index in [1.807, 2.05) is 16.8 Å². The molecule has 0 amide bonds. The zero-order chi connectivity index (χ0) is 13.5. The first-order chi connectivity index (χ1) is 9.07. The summed E-state index contributed by atoms with van der Waals surface area (Å²) in [5.41, 5.74) is 2.39. The lowest BCUT2D eigenvalue weighted by Gasteiger charge is -2.17. The first-order valence-corrected chi connectivity index (χ1v) is 7.73. The maximum Gasteiger partial charge on any atom is 0.429 e. The van der Waals surface area contributed by atoms with Crippen LogP contribution in [-0.2, 0) is 10.3 Å². The Balaban J connectivity index is 2.18. The number of nitrogens with zero attached hydrogens (tertiary/aromatic N) is 1. The van der Waals surface area contributed by atoms with Crippen molar-refractivity contribution in [2.45, 2.75) is 0 Å². The maximum atomic E-state index is 11.6. The number of hydrogen-bond acceptors (Lipinski definition) is 4. The lowest BCUT2D eigenvalue weighted by Crippen LogP contribution is -2.19. The molecule has 0 fully saturated rings. The van der Waals surface area contributed by atoms with Crippen LogP contribution in [0.15, 0.2) is 52.1 Å². The minimum atomic E-state index is -3.95. The molecule has 0 N–H and O–H groups in total. The second-order valence-electron chi connectivity index (χ2n) is 3.94. The average Bonchev–Trinajstić information content (AvgIpc) is 2.89. The molecule has 1 aromatic carbocycles. The smallest absolute Gasteiger partial charge is 0.365 e. The van der Waals surface area contributed by atoms with Gasteiger partial charge in [-0.3, -0.25) is 0 Å². The Morgan fingerprint density at radius 3 is 2.79 bits per heavy atom. The molecule has 1 aromatic heterocycles. The summed E-state index contributed by atoms with van der Waals surface area (Å²) in [4.78, 5) is 0. The van der Waals surface area contributed by atoms with Crippen LogP contribution in [0.25, 0.3) is 5.57 Å². The van der Waals surface area contributed by atoms with Crippen molar-refractivity contribution in [2.24, 2.45) is 4.40 Å². The van der Waals surface area contributed by atoms with E-state index >= 15 is 0 Å². The summed E-state index contributed by atoms with van der Waals surface area (Å²) in [6, 6.07) is 8.75. The van der Waals surface area contributed by atoms with Crippen molar-refractivity contribution >= 4 is 32.9 Å². The van der Waals surface area contributed by atoms with Crippen molar-refractivity contribution in [2.75, 3.05) is 0 Å². The van der Waals surface area contributed by atoms with Gasteiger partial charge in [0.05, 0.1) is 5.71 Å². The summed E-state index contributed by atoms with van der Waals surface area (Å²) >= 11 is 1.52. The van der Waals surface area contributed by atoms with Gasteiger partial charge in [-0.05, 0) is 34.5 Å². The maximum absolute atomic E-state index is 11.6. The molecule has 2 heterocycles. The predicted molar refractivity (Wildman–Crippen MR) is 75.9 cm³/mol. The Kier molecular flexibility index (Phi) is 2.76. The molecule has 6 heteroatoms. The lowest BCUT2D eigenvalue weighted by molar-refractivity contribution is 0.485. The molecule has 3 rings (SSSR count). The molecule has 19 heavy (non-hydrogen) atoms. The predicted octanol–water partition coefficient (Wildman–Crippen LogP) is 2.89. The molecule has 0 saturated heterocycles. The number of para-hydroxylation sites is 1. The number of fused-ring (bicyclic) bond motifs is 1. The summed E-state index contributed by atoms with van der Waals surface area (Å²) in [5, 5.41) is 3.80. The zero-order valence-corrected chi connectivity index (χ0v) is 11.4. The van der Waals surface area contributed by atoms with Gasteiger partial charge in [-0.1, -0.05) is 18.7 Å². The van der Waals surface area contributed by atoms with Gasteiger partial charge in [-0.25, -0.2) is 0 Å². The summed E-state index contributed by atoms with van der Waals surface area (Å²) < 4.78 is 31.8. The van der Waals surface area contributed by atoms with Gasteiger partial charge in [-0.15, -0.1) is 4.40 Å². The number of hydrogen-bond donors (Lipinski definition) is 0. The molecular formula is C13H9NO3S2. The van der Waals surface area contributed by atoms with Gasteiger partial charge in [0.2, 0.25) is 0 Å². The van der Waals surface area contributed by atoms with Crippen molar-refractivity contribution in [1.29, 1.82) is 0 Å². The Hall–Kier alpha value is -1.92. The van der Waals surface area contributed by atoms with Crippen LogP contribution in [0.2, 0.25) is 0 Å². The second-order valence-corrected chi connectivity index (χ2v) is 5.92. The van der Waals surface area contributed by atoms with E-state index in [9.17, 15) is 8.42 Å². The highest BCUT2D eigenvalue weighted by Crippen LogP contribution is 2.31. The lowest BCUT2D eigenvalue weighted by atomic mass is 9.99. The minimum Gasteiger partial charge on any atom is -0.365 e. The van der Waals surface area contributed by atoms with Crippen LogP contribution in [0.5, 0.6) is 5.75 Å². The fraction of sp³-hybridized carbons (Fsp3) is 0. The van der Waals surface area contributed by atoms with Gasteiger partial charge in [0.15, 0.2) is 5.75 Å². The summed E-state index contributed by atoms with van der Waals surface area (Å²) in [5.74, 6) is 0.281. The molecule has 0 radical (unpaired) electrons. The summed E-state index contributed by atoms with van der Waals surface area (Å²) in [6.07, 6.45) is 0. The van der Waals surface area contributed by atoms with Crippen LogP contribution in [0, 0.1) is 0 Å². The molecule has 96 valence electrons. The highest BCUT2D eigenvalue weighted by molar-refractivity contribution is 7.86. The Morgan fingerprint density at radius 1 is 1.26 bits per heavy atom. The molecule has 0 bridgehead atoms. The summed E-state index contributed by atoms with van der Waals surface area (Å²) in [6.45, 7) is 3.94. The Labute approximate surface area is 115 Å². The van der Waals surface area contributed by atoms with Gasteiger partial charge in [0.25, 0.3) is 0 Å². The van der Waals surface area contributed by atoms with Crippen LogP contribution < -0.4 is 4.18 Å². The molecule has 0 spiro atoms. The van der Waals surface area contributed by atoms with Crippen LogP contribution in [0.1, 0.15) is 11.1 Å². The Morgan fingerprint density at radius 2 is 2.05 bits per heavy atom. The Bertz CT molecular complexity index is 774. The van der Waals surface area contributed by atoms with E-state index in [-0.39, 0.29) is 5.75 Å². The third-order valence-electron chi connectivity index (χ3n) is 2.70. The van der Waals surface area contributed by atoms with Crippen LogP contribution in [0.4, 0.5) is 0 Å². The topological polar surface area (TPSA) is 55.7 Å². The average molecular weight is 291 g/mol. The highest BCUT2D eigenvalue weighted by Gasteiger charge is 2.26. The van der Waals surface area contributed by atoms with Crippen molar-refractivity contribution in [3.8, 4) is 5.75 Å². The van der Waals surface area contributed by atoms with Crippen LogP contribution in [0.3, 0.4) is 0 Å². The standard InChI is InChI=1S/C13H9NO3S2/c1-9(10-6-7-18-8-10)13-11-4-2-3-5-12(11)17-19(15,16)14-13/h2-8H,1H2. The van der Waals surface area contributed by atoms with E-state index in [2.05, 4.69) is 11.0 Å². The number of thiophene rings is 1. The zero-order valence-electron chi connectivity index (χ0n) is 9.74. The molecule has 0 saturated carbocycles. The van der Waals surface area contributed by atoms with E-state index in [0.717, 1.165) is 5.56 Å². The van der Waals surface area contributed by atoms with Crippen molar-refractivity contribution < 1.29 is 12.6 Å². The van der Waals surface area contributed by atoms with E-state index < -0.39 is 10.3 Å². The van der Waals surface area contributed by atoms with E-state index in [0.29, 0.717) is 16.8 Å². The van der Waals surface area contributed by atoms with Gasteiger partial charge >= 0.3 is 10.3 Å². The van der Waals surface area contributed by atoms with Gasteiger partial charge in [0.1, 0.15) is 0 Å². The largest absolute Gasteiger partial charge is 0.429 e. The van der Waals surface area contributed by atoms with Crippen molar-refractivity contribution in [3.63, 3.8) is 0 Å². The van der Waals surface area contributed by atoms with E-state index in [1.54, 1.807) is 24.3 Å². The van der Waals surface area contributed by atoms with Crippen LogP contribution >= 0.6 is 11.3 Å². The van der Waals surface area contributed by atoms with E-state index in [1.165, 1.54) is 11.3 Å². The van der Waals surface area contributed by atoms with E-state index in [4.69, 9.17) is 4.18 Å². The molecule has 0 atom stereocenters. The number of rotatable bonds is 2. The van der Waals surface area contributed by atoms with Crippen LogP contribution in [-0.4, -0.2) is 14.1 Å². The quantitative estimate of drug-likeness (QED) is 0.855. The molecule has 1 aliphatic heterocycles. The molecule has 1 aliphatic rings. The van der Waals surface area contributed by atoms with Gasteiger partial charge in [-0.2, -0.15) is 19.8 Å². The molecular weight excluding hydrogens is 282 g/mol. The normalized spacial score (nSPS) is 16.1. The fourth-order valence-electron chi connectivity index (χ4n) is 1.82. The third-order valence-corrected chi connectivity index (χ3v) is 4.18. The number of benzene rings is 1. The fourth-order valence-corrected chi connectivity index (χ4v) is 3.33. The van der Waals surface area contributed by atoms with Crippen molar-refractivity contribution in [3.05, 3.63) is 58.8 Å². The monoisotopic (exact) mass is 291 g/mol.